The Bertz CT molecular complexity index is 735. The number of primary amides is 1. The first kappa shape index (κ1) is 15.1. The second kappa shape index (κ2) is 6.01. The Hall–Kier alpha value is -2.28. The average Bonchev–Trinajstić information content (AvgIpc) is 2.43. The van der Waals surface area contributed by atoms with Gasteiger partial charge < -0.3 is 11.1 Å². The normalized spacial score (nSPS) is 10.2. The molecule has 0 saturated carbocycles. The maximum atomic E-state index is 13.6. The molecule has 2 aromatic rings. The molecule has 0 aliphatic rings. The van der Waals surface area contributed by atoms with E-state index in [9.17, 15) is 18.4 Å². The molecule has 0 spiro atoms. The van der Waals surface area contributed by atoms with Crippen LogP contribution in [0.3, 0.4) is 0 Å². The zero-order valence-corrected chi connectivity index (χ0v) is 12.1. The fraction of sp³-hybridized carbons (Fsp3) is 0. The van der Waals surface area contributed by atoms with Gasteiger partial charge in [0, 0.05) is 11.1 Å². The monoisotopic (exact) mass is 354 g/mol. The van der Waals surface area contributed by atoms with Gasteiger partial charge in [-0.25, -0.2) is 8.78 Å². The van der Waals surface area contributed by atoms with Gasteiger partial charge in [0.25, 0.3) is 5.91 Å². The van der Waals surface area contributed by atoms with E-state index in [1.807, 2.05) is 0 Å². The molecule has 0 aliphatic heterocycles. The zero-order chi connectivity index (χ0) is 15.6. The molecule has 2 amide bonds. The molecule has 108 valence electrons. The van der Waals surface area contributed by atoms with Crippen molar-refractivity contribution in [2.45, 2.75) is 0 Å². The molecular weight excluding hydrogens is 346 g/mol. The van der Waals surface area contributed by atoms with Crippen molar-refractivity contribution >= 4 is 33.4 Å². The minimum absolute atomic E-state index is 0.0135. The van der Waals surface area contributed by atoms with Crippen molar-refractivity contribution < 1.29 is 18.4 Å². The maximum Gasteiger partial charge on any atom is 0.255 e. The molecule has 0 unspecified atom stereocenters. The summed E-state index contributed by atoms with van der Waals surface area (Å²) in [5, 5.41) is 2.26. The summed E-state index contributed by atoms with van der Waals surface area (Å²) in [5.74, 6) is -2.80. The van der Waals surface area contributed by atoms with Crippen LogP contribution in [0.2, 0.25) is 0 Å². The first-order valence-electron chi connectivity index (χ1n) is 5.74. The third-order valence-electron chi connectivity index (χ3n) is 2.68. The summed E-state index contributed by atoms with van der Waals surface area (Å²) < 4.78 is 27.2. The first-order chi connectivity index (χ1) is 9.88. The number of amides is 2. The number of benzene rings is 2. The Labute approximate surface area is 127 Å². The van der Waals surface area contributed by atoms with Crippen molar-refractivity contribution in [2.24, 2.45) is 5.73 Å². The predicted octanol–water partition coefficient (Wildman–Crippen LogP) is 3.08. The Balaban J connectivity index is 2.28. The van der Waals surface area contributed by atoms with Crippen LogP contribution in [0.25, 0.3) is 0 Å². The Morgan fingerprint density at radius 2 is 1.67 bits per heavy atom. The summed E-state index contributed by atoms with van der Waals surface area (Å²) in [6.45, 7) is 0. The SMILES string of the molecule is NC(=O)c1ccc(F)c(NC(=O)c2ccc(Br)c(F)c2)c1. The Morgan fingerprint density at radius 3 is 2.29 bits per heavy atom. The molecule has 0 radical (unpaired) electrons. The fourth-order valence-electron chi connectivity index (χ4n) is 1.61. The molecule has 0 atom stereocenters. The van der Waals surface area contributed by atoms with Gasteiger partial charge in [-0.3, -0.25) is 9.59 Å². The minimum Gasteiger partial charge on any atom is -0.366 e. The molecule has 0 bridgehead atoms. The summed E-state index contributed by atoms with van der Waals surface area (Å²) in [7, 11) is 0. The molecule has 0 aliphatic carbocycles. The number of anilines is 1. The summed E-state index contributed by atoms with van der Waals surface area (Å²) >= 11 is 2.96. The average molecular weight is 355 g/mol. The van der Waals surface area contributed by atoms with Crippen LogP contribution in [0.1, 0.15) is 20.7 Å². The Morgan fingerprint density at radius 1 is 1.00 bits per heavy atom. The standard InChI is InChI=1S/C14H9BrF2N2O2/c15-9-3-1-8(5-11(9)17)14(21)19-12-6-7(13(18)20)2-4-10(12)16/h1-6H,(H2,18,20)(H,19,21). The molecule has 3 N–H and O–H groups in total. The smallest absolute Gasteiger partial charge is 0.255 e. The van der Waals surface area contributed by atoms with Gasteiger partial charge in [0.15, 0.2) is 0 Å². The van der Waals surface area contributed by atoms with Crippen LogP contribution in [-0.2, 0) is 0 Å². The highest BCUT2D eigenvalue weighted by molar-refractivity contribution is 9.10. The lowest BCUT2D eigenvalue weighted by atomic mass is 10.1. The first-order valence-corrected chi connectivity index (χ1v) is 6.53. The van der Waals surface area contributed by atoms with Gasteiger partial charge >= 0.3 is 0 Å². The number of halogens is 3. The number of nitrogens with one attached hydrogen (secondary N) is 1. The summed E-state index contributed by atoms with van der Waals surface area (Å²) in [5.41, 5.74) is 4.94. The second-order valence-corrected chi connectivity index (χ2v) is 5.00. The molecule has 7 heteroatoms. The van der Waals surface area contributed by atoms with Gasteiger partial charge in [0.2, 0.25) is 5.91 Å². The highest BCUT2D eigenvalue weighted by atomic mass is 79.9. The Kier molecular flexibility index (Phi) is 4.32. The predicted molar refractivity (Wildman–Crippen MR) is 77.0 cm³/mol. The van der Waals surface area contributed by atoms with Gasteiger partial charge in [-0.2, -0.15) is 0 Å². The van der Waals surface area contributed by atoms with Crippen LogP contribution in [0, 0.1) is 11.6 Å². The molecule has 2 rings (SSSR count). The maximum absolute atomic E-state index is 13.6. The van der Waals surface area contributed by atoms with Crippen LogP contribution < -0.4 is 11.1 Å². The van der Waals surface area contributed by atoms with E-state index in [1.54, 1.807) is 0 Å². The van der Waals surface area contributed by atoms with Crippen LogP contribution in [0.15, 0.2) is 40.9 Å². The van der Waals surface area contributed by atoms with E-state index in [0.29, 0.717) is 0 Å². The van der Waals surface area contributed by atoms with Crippen LogP contribution in [0.4, 0.5) is 14.5 Å². The third-order valence-corrected chi connectivity index (χ3v) is 3.32. The van der Waals surface area contributed by atoms with Crippen molar-refractivity contribution in [1.29, 1.82) is 0 Å². The molecule has 2 aromatic carbocycles. The fourth-order valence-corrected chi connectivity index (χ4v) is 1.85. The number of nitrogens with two attached hydrogens (primary N) is 1. The third kappa shape index (κ3) is 3.43. The largest absolute Gasteiger partial charge is 0.366 e. The topological polar surface area (TPSA) is 72.2 Å². The lowest BCUT2D eigenvalue weighted by Gasteiger charge is -2.08. The highest BCUT2D eigenvalue weighted by Gasteiger charge is 2.13. The van der Waals surface area contributed by atoms with E-state index in [-0.39, 0.29) is 21.3 Å². The van der Waals surface area contributed by atoms with Crippen LogP contribution >= 0.6 is 15.9 Å². The molecule has 21 heavy (non-hydrogen) atoms. The zero-order valence-electron chi connectivity index (χ0n) is 10.5. The summed E-state index contributed by atoms with van der Waals surface area (Å²) in [4.78, 5) is 23.0. The number of carbonyl (C=O) groups excluding carboxylic acids is 2. The van der Waals surface area contributed by atoms with E-state index >= 15 is 0 Å². The number of carbonyl (C=O) groups is 2. The highest BCUT2D eigenvalue weighted by Crippen LogP contribution is 2.19. The van der Waals surface area contributed by atoms with Gasteiger partial charge in [-0.05, 0) is 52.3 Å². The quantitative estimate of drug-likeness (QED) is 0.888. The van der Waals surface area contributed by atoms with E-state index in [1.165, 1.54) is 18.2 Å². The summed E-state index contributed by atoms with van der Waals surface area (Å²) in [6, 6.07) is 7.07. The lowest BCUT2D eigenvalue weighted by molar-refractivity contribution is 0.0996. The van der Waals surface area contributed by atoms with E-state index < -0.39 is 23.4 Å². The molecule has 0 heterocycles. The molecule has 0 aromatic heterocycles. The molecular formula is C14H9BrF2N2O2. The van der Waals surface area contributed by atoms with Crippen molar-refractivity contribution in [3.05, 3.63) is 63.6 Å². The van der Waals surface area contributed by atoms with Crippen molar-refractivity contribution in [3.8, 4) is 0 Å². The second-order valence-electron chi connectivity index (χ2n) is 4.14. The van der Waals surface area contributed by atoms with Gasteiger partial charge in [0.1, 0.15) is 11.6 Å². The molecule has 4 nitrogen and oxygen atoms in total. The van der Waals surface area contributed by atoms with Crippen LogP contribution in [0.5, 0.6) is 0 Å². The number of hydrogen-bond donors (Lipinski definition) is 2. The van der Waals surface area contributed by atoms with Crippen molar-refractivity contribution in [3.63, 3.8) is 0 Å². The van der Waals surface area contributed by atoms with E-state index in [4.69, 9.17) is 5.73 Å². The van der Waals surface area contributed by atoms with Crippen molar-refractivity contribution in [2.75, 3.05) is 5.32 Å². The lowest BCUT2D eigenvalue weighted by Crippen LogP contribution is -2.15. The molecule has 0 fully saturated rings. The van der Waals surface area contributed by atoms with E-state index in [0.717, 1.165) is 18.2 Å². The van der Waals surface area contributed by atoms with Gasteiger partial charge in [-0.15, -0.1) is 0 Å². The summed E-state index contributed by atoms with van der Waals surface area (Å²) in [6.07, 6.45) is 0. The van der Waals surface area contributed by atoms with Crippen molar-refractivity contribution in [1.82, 2.24) is 0 Å². The van der Waals surface area contributed by atoms with E-state index in [2.05, 4.69) is 21.2 Å². The molecule has 0 saturated heterocycles. The van der Waals surface area contributed by atoms with Crippen LogP contribution in [-0.4, -0.2) is 11.8 Å². The number of rotatable bonds is 3. The van der Waals surface area contributed by atoms with Gasteiger partial charge in [-0.1, -0.05) is 0 Å². The van der Waals surface area contributed by atoms with Gasteiger partial charge in [0.05, 0.1) is 10.2 Å². The number of hydrogen-bond acceptors (Lipinski definition) is 2. The minimum atomic E-state index is -0.750.